The Bertz CT molecular complexity index is 687. The smallest absolute Gasteiger partial charge is 0.414 e. The fraction of sp³-hybridized carbons (Fsp3) is 0.200. The Kier molecular flexibility index (Phi) is 3.78. The lowest BCUT2D eigenvalue weighted by Gasteiger charge is -2.14. The highest BCUT2D eigenvalue weighted by atomic mass is 19.1. The van der Waals surface area contributed by atoms with Gasteiger partial charge in [0, 0.05) is 12.4 Å². The third-order valence-corrected chi connectivity index (χ3v) is 3.43. The fourth-order valence-corrected chi connectivity index (χ4v) is 2.39. The summed E-state index contributed by atoms with van der Waals surface area (Å²) >= 11 is 0. The predicted octanol–water partition coefficient (Wildman–Crippen LogP) is 1.69. The van der Waals surface area contributed by atoms with Crippen molar-refractivity contribution in [1.82, 2.24) is 9.88 Å². The van der Waals surface area contributed by atoms with Gasteiger partial charge in [-0.05, 0) is 30.3 Å². The molecule has 7 heteroatoms. The van der Waals surface area contributed by atoms with E-state index < -0.39 is 18.0 Å². The molecule has 2 heterocycles. The lowest BCUT2D eigenvalue weighted by Crippen LogP contribution is -2.30. The molecule has 1 aliphatic heterocycles. The summed E-state index contributed by atoms with van der Waals surface area (Å²) in [6.45, 7) is 0.498. The molecule has 1 aromatic carbocycles. The van der Waals surface area contributed by atoms with Crippen molar-refractivity contribution in [2.75, 3.05) is 18.0 Å². The normalized spacial score (nSPS) is 17.4. The van der Waals surface area contributed by atoms with Crippen LogP contribution in [0, 0.1) is 5.82 Å². The molecule has 1 N–H and O–H groups in total. The Morgan fingerprint density at radius 2 is 2.14 bits per heavy atom. The number of benzene rings is 1. The van der Waals surface area contributed by atoms with Gasteiger partial charge < -0.3 is 14.6 Å². The Morgan fingerprint density at radius 3 is 2.82 bits per heavy atom. The number of carbonyl (C=O) groups excluding carboxylic acids is 2. The van der Waals surface area contributed by atoms with E-state index in [2.05, 4.69) is 5.32 Å². The highest BCUT2D eigenvalue weighted by molar-refractivity contribution is 5.89. The molecular formula is C15H14FN3O3. The number of nitrogens with zero attached hydrogens (tertiary/aromatic N) is 2. The van der Waals surface area contributed by atoms with Crippen molar-refractivity contribution in [2.24, 2.45) is 0 Å². The molecule has 22 heavy (non-hydrogen) atoms. The molecule has 6 nitrogen and oxygen atoms in total. The third-order valence-electron chi connectivity index (χ3n) is 3.43. The van der Waals surface area contributed by atoms with Crippen LogP contribution in [0.25, 0.3) is 5.69 Å². The van der Waals surface area contributed by atoms with Gasteiger partial charge in [-0.1, -0.05) is 0 Å². The van der Waals surface area contributed by atoms with Crippen molar-refractivity contribution < 1.29 is 18.7 Å². The number of ether oxygens (including phenoxy) is 1. The monoisotopic (exact) mass is 303 g/mol. The number of hydrogen-bond donors (Lipinski definition) is 1. The molecule has 2 amide bonds. The van der Waals surface area contributed by atoms with Crippen molar-refractivity contribution in [1.29, 1.82) is 0 Å². The van der Waals surface area contributed by atoms with Crippen molar-refractivity contribution in [3.8, 4) is 5.69 Å². The van der Waals surface area contributed by atoms with Crippen LogP contribution in [0.4, 0.5) is 14.9 Å². The van der Waals surface area contributed by atoms with E-state index in [-0.39, 0.29) is 13.1 Å². The Balaban J connectivity index is 1.79. The molecule has 0 radical (unpaired) electrons. The maximum Gasteiger partial charge on any atom is 0.414 e. The molecule has 2 aromatic rings. The van der Waals surface area contributed by atoms with Crippen molar-refractivity contribution in [2.45, 2.75) is 6.10 Å². The fourth-order valence-electron chi connectivity index (χ4n) is 2.39. The van der Waals surface area contributed by atoms with Crippen LogP contribution in [0.3, 0.4) is 0 Å². The molecule has 0 saturated carbocycles. The minimum absolute atomic E-state index is 0.232. The van der Waals surface area contributed by atoms with E-state index in [9.17, 15) is 14.0 Å². The molecule has 3 rings (SSSR count). The summed E-state index contributed by atoms with van der Waals surface area (Å²) in [5, 5.41) is 2.46. The molecular weight excluding hydrogens is 289 g/mol. The van der Waals surface area contributed by atoms with Gasteiger partial charge in [0.25, 0.3) is 0 Å². The molecule has 1 fully saturated rings. The van der Waals surface area contributed by atoms with Crippen LogP contribution in [-0.2, 0) is 9.53 Å². The highest BCUT2D eigenvalue weighted by Crippen LogP contribution is 2.25. The molecule has 1 saturated heterocycles. The van der Waals surface area contributed by atoms with Crippen molar-refractivity contribution >= 4 is 18.2 Å². The summed E-state index contributed by atoms with van der Waals surface area (Å²) in [5.41, 5.74) is 0.826. The van der Waals surface area contributed by atoms with E-state index in [1.807, 2.05) is 0 Å². The average molecular weight is 303 g/mol. The highest BCUT2D eigenvalue weighted by Gasteiger charge is 2.32. The minimum Gasteiger partial charge on any atom is -0.442 e. The predicted molar refractivity (Wildman–Crippen MR) is 77.4 cm³/mol. The van der Waals surface area contributed by atoms with Crippen LogP contribution >= 0.6 is 0 Å². The van der Waals surface area contributed by atoms with Crippen molar-refractivity contribution in [3.63, 3.8) is 0 Å². The molecule has 1 atom stereocenters. The number of rotatable bonds is 5. The zero-order valence-corrected chi connectivity index (χ0v) is 11.6. The lowest BCUT2D eigenvalue weighted by molar-refractivity contribution is -0.109. The van der Waals surface area contributed by atoms with E-state index in [1.54, 1.807) is 41.2 Å². The first-order valence-electron chi connectivity index (χ1n) is 6.77. The number of carbonyl (C=O) groups is 2. The van der Waals surface area contributed by atoms with E-state index in [0.717, 1.165) is 0 Å². The van der Waals surface area contributed by atoms with Gasteiger partial charge >= 0.3 is 6.09 Å². The second kappa shape index (κ2) is 5.88. The first-order valence-corrected chi connectivity index (χ1v) is 6.77. The molecule has 1 aromatic heterocycles. The van der Waals surface area contributed by atoms with Crippen molar-refractivity contribution in [3.05, 3.63) is 48.5 Å². The SMILES string of the molecule is O=CNC[C@H]1CN(c2ccc(-n3cccc3)c(F)c2)C(=O)O1. The minimum atomic E-state index is -0.550. The topological polar surface area (TPSA) is 63.6 Å². The van der Waals surface area contributed by atoms with Crippen LogP contribution in [0.1, 0.15) is 0 Å². The molecule has 0 aliphatic carbocycles. The maximum absolute atomic E-state index is 14.2. The number of amides is 2. The average Bonchev–Trinajstić information content (AvgIpc) is 3.14. The van der Waals surface area contributed by atoms with E-state index >= 15 is 0 Å². The Morgan fingerprint density at radius 1 is 1.36 bits per heavy atom. The number of anilines is 1. The molecule has 114 valence electrons. The lowest BCUT2D eigenvalue weighted by atomic mass is 10.2. The third kappa shape index (κ3) is 2.65. The van der Waals surface area contributed by atoms with Crippen LogP contribution in [-0.4, -0.2) is 36.3 Å². The van der Waals surface area contributed by atoms with Crippen LogP contribution in [0.2, 0.25) is 0 Å². The van der Waals surface area contributed by atoms with E-state index in [4.69, 9.17) is 4.74 Å². The molecule has 0 bridgehead atoms. The van der Waals surface area contributed by atoms with Gasteiger partial charge in [0.05, 0.1) is 24.5 Å². The number of cyclic esters (lactones) is 1. The van der Waals surface area contributed by atoms with Gasteiger partial charge in [-0.25, -0.2) is 9.18 Å². The molecule has 0 unspecified atom stereocenters. The second-order valence-electron chi connectivity index (χ2n) is 4.87. The quantitative estimate of drug-likeness (QED) is 0.855. The van der Waals surface area contributed by atoms with E-state index in [0.29, 0.717) is 17.8 Å². The number of hydrogen-bond acceptors (Lipinski definition) is 3. The van der Waals surface area contributed by atoms with Gasteiger partial charge in [-0.3, -0.25) is 9.69 Å². The Labute approximate surface area is 126 Å². The van der Waals surface area contributed by atoms with Crippen LogP contribution in [0.15, 0.2) is 42.7 Å². The summed E-state index contributed by atoms with van der Waals surface area (Å²) < 4.78 is 21.0. The number of halogens is 1. The second-order valence-corrected chi connectivity index (χ2v) is 4.87. The zero-order chi connectivity index (χ0) is 15.5. The Hall–Kier alpha value is -2.83. The zero-order valence-electron chi connectivity index (χ0n) is 11.6. The van der Waals surface area contributed by atoms with Crippen LogP contribution < -0.4 is 10.2 Å². The maximum atomic E-state index is 14.2. The number of aromatic nitrogens is 1. The van der Waals surface area contributed by atoms with Gasteiger partial charge in [0.15, 0.2) is 0 Å². The summed E-state index contributed by atoms with van der Waals surface area (Å²) in [6, 6.07) is 8.17. The molecule has 0 spiro atoms. The van der Waals surface area contributed by atoms with Crippen LogP contribution in [0.5, 0.6) is 0 Å². The number of nitrogens with one attached hydrogen (secondary N) is 1. The van der Waals surface area contributed by atoms with Gasteiger partial charge in [0.1, 0.15) is 11.9 Å². The largest absolute Gasteiger partial charge is 0.442 e. The first-order chi connectivity index (χ1) is 10.7. The van der Waals surface area contributed by atoms with Gasteiger partial charge in [-0.15, -0.1) is 0 Å². The van der Waals surface area contributed by atoms with E-state index in [1.165, 1.54) is 11.0 Å². The molecule has 1 aliphatic rings. The van der Waals surface area contributed by atoms with Gasteiger partial charge in [0.2, 0.25) is 6.41 Å². The first kappa shape index (κ1) is 14.1. The summed E-state index contributed by atoms with van der Waals surface area (Å²) in [5.74, 6) is -0.434. The standard InChI is InChI=1S/C15H14FN3O3/c16-13-7-11(3-4-14(13)18-5-1-2-6-18)19-9-12(8-17-10-20)22-15(19)21/h1-7,10,12H,8-9H2,(H,17,20)/t12-/m0/s1. The summed E-state index contributed by atoms with van der Waals surface area (Å²) in [4.78, 5) is 23.5. The summed E-state index contributed by atoms with van der Waals surface area (Å²) in [7, 11) is 0. The summed E-state index contributed by atoms with van der Waals surface area (Å²) in [6.07, 6.45) is 3.03. The van der Waals surface area contributed by atoms with Gasteiger partial charge in [-0.2, -0.15) is 0 Å².